The van der Waals surface area contributed by atoms with Gasteiger partial charge in [-0.2, -0.15) is 5.10 Å². The van der Waals surface area contributed by atoms with Crippen molar-refractivity contribution in [3.63, 3.8) is 0 Å². The van der Waals surface area contributed by atoms with Crippen molar-refractivity contribution in [2.75, 3.05) is 0 Å². The molecular formula is C18H18N4O5. The molecule has 1 heterocycles. The van der Waals surface area contributed by atoms with E-state index in [1.165, 1.54) is 30.0 Å². The molecular weight excluding hydrogens is 352 g/mol. The quantitative estimate of drug-likeness (QED) is 0.221. The lowest BCUT2D eigenvalue weighted by molar-refractivity contribution is -0.124. The number of aryl methyl sites for hydroxylation is 1. The molecule has 1 aromatic carbocycles. The highest BCUT2D eigenvalue weighted by molar-refractivity contribution is 5.96. The molecule has 0 aliphatic rings. The number of pyridine rings is 1. The molecule has 2 rings (SSSR count). The Kier molecular flexibility index (Phi) is 6.75. The van der Waals surface area contributed by atoms with Crippen molar-refractivity contribution in [3.05, 3.63) is 64.5 Å². The van der Waals surface area contributed by atoms with Crippen LogP contribution in [0.5, 0.6) is 5.75 Å². The van der Waals surface area contributed by atoms with Gasteiger partial charge in [0.1, 0.15) is 5.75 Å². The topological polar surface area (TPSA) is 144 Å². The Balaban J connectivity index is 2.13. The second-order valence-electron chi connectivity index (χ2n) is 5.42. The summed E-state index contributed by atoms with van der Waals surface area (Å²) in [4.78, 5) is 27.1. The minimum Gasteiger partial charge on any atom is -0.505 e. The first-order valence-corrected chi connectivity index (χ1v) is 7.80. The lowest BCUT2D eigenvalue weighted by Crippen LogP contribution is -2.18. The van der Waals surface area contributed by atoms with Gasteiger partial charge in [0.2, 0.25) is 0 Å². The zero-order valence-corrected chi connectivity index (χ0v) is 14.4. The number of aliphatic hydroxyl groups excluding tert-OH is 1. The number of aromatic hydroxyl groups is 1. The summed E-state index contributed by atoms with van der Waals surface area (Å²) in [7, 11) is 0. The number of aromatic nitrogens is 1. The molecule has 0 saturated heterocycles. The van der Waals surface area contributed by atoms with Gasteiger partial charge in [-0.3, -0.25) is 19.8 Å². The minimum absolute atomic E-state index is 0.131. The van der Waals surface area contributed by atoms with Crippen LogP contribution in [0.3, 0.4) is 0 Å². The maximum atomic E-state index is 12.2. The van der Waals surface area contributed by atoms with Crippen LogP contribution in [0.25, 0.3) is 6.08 Å². The summed E-state index contributed by atoms with van der Waals surface area (Å²) < 4.78 is 0. The Morgan fingerprint density at radius 1 is 1.33 bits per heavy atom. The average Bonchev–Trinajstić information content (AvgIpc) is 2.69. The summed E-state index contributed by atoms with van der Waals surface area (Å²) in [6, 6.07) is 6.38. The van der Waals surface area contributed by atoms with Gasteiger partial charge in [0.05, 0.1) is 18.5 Å². The number of nitrogens with one attached hydrogen (secondary N) is 2. The number of hydrogen-bond donors (Lipinski definition) is 5. The number of rotatable bonds is 6. The fourth-order valence-electron chi connectivity index (χ4n) is 2.14. The van der Waals surface area contributed by atoms with Crippen LogP contribution in [0.15, 0.2) is 41.6 Å². The average molecular weight is 370 g/mol. The van der Waals surface area contributed by atoms with Gasteiger partial charge in [-0.1, -0.05) is 12.1 Å². The number of carbonyl (C=O) groups is 2. The second kappa shape index (κ2) is 9.22. The molecule has 0 unspecified atom stereocenters. The first-order valence-electron chi connectivity index (χ1n) is 7.80. The number of aliphatic hydroxyl groups is 1. The number of hydroxylamine groups is 1. The lowest BCUT2D eigenvalue weighted by Gasteiger charge is -2.07. The Labute approximate surface area is 154 Å². The molecule has 1 aromatic heterocycles. The standard InChI is InChI=1S/C18H18N4O5/c1-11-17(25)15(14(10-23)8-19-11)9-20-21-18(26)13-4-2-3-12(7-13)5-6-16(24)22-27/h2-9,23,25,27H,10H2,1H3,(H,21,26)(H,22,24)/b6-5+,20-9+. The van der Waals surface area contributed by atoms with E-state index < -0.39 is 11.8 Å². The molecule has 0 spiro atoms. The van der Waals surface area contributed by atoms with Crippen molar-refractivity contribution in [3.8, 4) is 5.75 Å². The van der Waals surface area contributed by atoms with Gasteiger partial charge < -0.3 is 10.2 Å². The second-order valence-corrected chi connectivity index (χ2v) is 5.42. The van der Waals surface area contributed by atoms with Gasteiger partial charge in [0.25, 0.3) is 11.8 Å². The van der Waals surface area contributed by atoms with Crippen LogP contribution in [0, 0.1) is 6.92 Å². The van der Waals surface area contributed by atoms with E-state index in [0.29, 0.717) is 16.8 Å². The lowest BCUT2D eigenvalue weighted by atomic mass is 10.1. The Morgan fingerprint density at radius 3 is 2.81 bits per heavy atom. The number of hydrogen-bond acceptors (Lipinski definition) is 7. The molecule has 5 N–H and O–H groups in total. The zero-order valence-electron chi connectivity index (χ0n) is 14.4. The number of nitrogens with zero attached hydrogens (tertiary/aromatic N) is 2. The Bertz CT molecular complexity index is 909. The summed E-state index contributed by atoms with van der Waals surface area (Å²) in [5.74, 6) is -1.33. The smallest absolute Gasteiger partial charge is 0.271 e. The molecule has 0 atom stereocenters. The fraction of sp³-hybridized carbons (Fsp3) is 0.111. The highest BCUT2D eigenvalue weighted by Crippen LogP contribution is 2.21. The van der Waals surface area contributed by atoms with Crippen LogP contribution >= 0.6 is 0 Å². The molecule has 27 heavy (non-hydrogen) atoms. The molecule has 2 amide bonds. The van der Waals surface area contributed by atoms with E-state index in [1.807, 2.05) is 0 Å². The third kappa shape index (κ3) is 5.21. The summed E-state index contributed by atoms with van der Waals surface area (Å²) in [6.07, 6.45) is 5.18. The first-order chi connectivity index (χ1) is 13.0. The van der Waals surface area contributed by atoms with Crippen LogP contribution < -0.4 is 10.9 Å². The van der Waals surface area contributed by atoms with Gasteiger partial charge in [0.15, 0.2) is 0 Å². The molecule has 0 aliphatic heterocycles. The minimum atomic E-state index is -0.693. The fourth-order valence-corrected chi connectivity index (χ4v) is 2.14. The van der Waals surface area contributed by atoms with Crippen LogP contribution in [0.4, 0.5) is 0 Å². The Morgan fingerprint density at radius 2 is 2.11 bits per heavy atom. The third-order valence-electron chi connectivity index (χ3n) is 3.57. The first kappa shape index (κ1) is 19.8. The largest absolute Gasteiger partial charge is 0.505 e. The van der Waals surface area contributed by atoms with E-state index in [9.17, 15) is 19.8 Å². The molecule has 140 valence electrons. The van der Waals surface area contributed by atoms with Crippen molar-refractivity contribution in [2.45, 2.75) is 13.5 Å². The molecule has 0 radical (unpaired) electrons. The van der Waals surface area contributed by atoms with E-state index in [4.69, 9.17) is 5.21 Å². The SMILES string of the molecule is Cc1ncc(CO)c(/C=N/NC(=O)c2cccc(/C=C/C(=O)NO)c2)c1O. The molecule has 2 aromatic rings. The number of hydrazone groups is 1. The molecule has 0 bridgehead atoms. The summed E-state index contributed by atoms with van der Waals surface area (Å²) in [6.45, 7) is 1.26. The maximum Gasteiger partial charge on any atom is 0.271 e. The molecule has 0 saturated carbocycles. The maximum absolute atomic E-state index is 12.2. The Hall–Kier alpha value is -3.56. The predicted molar refractivity (Wildman–Crippen MR) is 97.0 cm³/mol. The highest BCUT2D eigenvalue weighted by atomic mass is 16.5. The van der Waals surface area contributed by atoms with Crippen LogP contribution in [0.1, 0.15) is 32.7 Å². The van der Waals surface area contributed by atoms with Crippen LogP contribution in [-0.2, 0) is 11.4 Å². The number of amides is 2. The van der Waals surface area contributed by atoms with Crippen molar-refractivity contribution in [2.24, 2.45) is 5.10 Å². The summed E-state index contributed by atoms with van der Waals surface area (Å²) in [5, 5.41) is 31.6. The van der Waals surface area contributed by atoms with Gasteiger partial charge in [-0.15, -0.1) is 0 Å². The van der Waals surface area contributed by atoms with E-state index in [1.54, 1.807) is 25.1 Å². The van der Waals surface area contributed by atoms with Crippen molar-refractivity contribution in [1.29, 1.82) is 0 Å². The van der Waals surface area contributed by atoms with E-state index in [0.717, 1.165) is 6.08 Å². The number of carbonyl (C=O) groups excluding carboxylic acids is 2. The molecule has 9 nitrogen and oxygen atoms in total. The number of benzene rings is 1. The molecule has 0 aliphatic carbocycles. The van der Waals surface area contributed by atoms with Crippen molar-refractivity contribution >= 4 is 24.1 Å². The van der Waals surface area contributed by atoms with Crippen molar-refractivity contribution in [1.82, 2.24) is 15.9 Å². The van der Waals surface area contributed by atoms with E-state index in [-0.39, 0.29) is 23.5 Å². The summed E-state index contributed by atoms with van der Waals surface area (Å²) >= 11 is 0. The van der Waals surface area contributed by atoms with Gasteiger partial charge in [-0.05, 0) is 30.7 Å². The van der Waals surface area contributed by atoms with Gasteiger partial charge in [0, 0.05) is 29.0 Å². The van der Waals surface area contributed by atoms with E-state index >= 15 is 0 Å². The van der Waals surface area contributed by atoms with Crippen molar-refractivity contribution < 1.29 is 25.0 Å². The monoisotopic (exact) mass is 370 g/mol. The molecule has 0 fully saturated rings. The van der Waals surface area contributed by atoms with Crippen LogP contribution in [-0.4, -0.2) is 38.4 Å². The van der Waals surface area contributed by atoms with Gasteiger partial charge in [-0.25, -0.2) is 10.9 Å². The zero-order chi connectivity index (χ0) is 19.8. The van der Waals surface area contributed by atoms with Gasteiger partial charge >= 0.3 is 0 Å². The van der Waals surface area contributed by atoms with Crippen LogP contribution in [0.2, 0.25) is 0 Å². The molecule has 9 heteroatoms. The summed E-state index contributed by atoms with van der Waals surface area (Å²) in [5.41, 5.74) is 5.64. The highest BCUT2D eigenvalue weighted by Gasteiger charge is 2.10. The normalized spacial score (nSPS) is 11.1. The third-order valence-corrected chi connectivity index (χ3v) is 3.57. The predicted octanol–water partition coefficient (Wildman–Crippen LogP) is 0.870. The van der Waals surface area contributed by atoms with E-state index in [2.05, 4.69) is 15.5 Å².